The van der Waals surface area contributed by atoms with Gasteiger partial charge in [0.05, 0.1) is 4.91 Å². The minimum Gasteiger partial charge on any atom is -0.418 e. The van der Waals surface area contributed by atoms with Crippen LogP contribution >= 0.6 is 11.6 Å². The molecule has 21 heavy (non-hydrogen) atoms. The van der Waals surface area contributed by atoms with Crippen LogP contribution in [0.2, 0.25) is 0 Å². The van der Waals surface area contributed by atoms with Gasteiger partial charge in [0.2, 0.25) is 5.75 Å². The number of benzene rings is 2. The van der Waals surface area contributed by atoms with Crippen LogP contribution in [0.1, 0.15) is 5.56 Å². The first kappa shape index (κ1) is 15.0. The lowest BCUT2D eigenvalue weighted by atomic mass is 10.2. The highest BCUT2D eigenvalue weighted by atomic mass is 35.5. The van der Waals surface area contributed by atoms with Crippen molar-refractivity contribution in [1.82, 2.24) is 0 Å². The van der Waals surface area contributed by atoms with Gasteiger partial charge in [-0.05, 0) is 11.6 Å². The molecule has 0 aliphatic rings. The molecular weight excluding hydrogens is 294 g/mol. The van der Waals surface area contributed by atoms with E-state index in [9.17, 15) is 9.70 Å². The summed E-state index contributed by atoms with van der Waals surface area (Å²) in [6, 6.07) is 15.5. The van der Waals surface area contributed by atoms with E-state index in [0.29, 0.717) is 4.92 Å². The number of esters is 1. The summed E-state index contributed by atoms with van der Waals surface area (Å²) in [6.07, 6.45) is 0. The van der Waals surface area contributed by atoms with Crippen molar-refractivity contribution < 1.29 is 19.3 Å². The third-order valence-corrected chi connectivity index (χ3v) is 2.80. The lowest BCUT2D eigenvalue weighted by Gasteiger charge is -2.02. The molecule has 0 aromatic heterocycles. The Kier molecular flexibility index (Phi) is 5.29. The Morgan fingerprint density at radius 3 is 2.43 bits per heavy atom. The minimum absolute atomic E-state index is 0.103. The summed E-state index contributed by atoms with van der Waals surface area (Å²) in [4.78, 5) is 28.6. The van der Waals surface area contributed by atoms with Gasteiger partial charge in [0.15, 0.2) is 6.61 Å². The topological polar surface area (TPSA) is 55.6 Å². The van der Waals surface area contributed by atoms with Crippen LogP contribution in [-0.4, -0.2) is 16.8 Å². The average molecular weight is 307 g/mol. The van der Waals surface area contributed by atoms with E-state index in [1.807, 2.05) is 30.3 Å². The molecule has 0 spiro atoms. The van der Waals surface area contributed by atoms with Gasteiger partial charge in [-0.3, -0.25) is 4.79 Å². The summed E-state index contributed by atoms with van der Waals surface area (Å²) >= 11 is 5.38. The standard InChI is InChI=1S/C15H13ClNO4/c16-10-15(18)21-14-9-5-4-8-13(14)17(19)20-11-12-6-2-1-3-7-12/h1-9H,10-11H2/q+1. The zero-order chi connectivity index (χ0) is 15.1. The second-order valence-corrected chi connectivity index (χ2v) is 4.36. The second-order valence-electron chi connectivity index (χ2n) is 4.09. The highest BCUT2D eigenvalue weighted by molar-refractivity contribution is 6.26. The average Bonchev–Trinajstić information content (AvgIpc) is 2.54. The van der Waals surface area contributed by atoms with E-state index >= 15 is 0 Å². The van der Waals surface area contributed by atoms with Crippen LogP contribution in [0.3, 0.4) is 0 Å². The fourth-order valence-corrected chi connectivity index (χ4v) is 1.68. The number of hydrogen-bond acceptors (Lipinski definition) is 4. The van der Waals surface area contributed by atoms with Crippen LogP contribution in [0.25, 0.3) is 0 Å². The summed E-state index contributed by atoms with van der Waals surface area (Å²) in [5.74, 6) is -0.829. The van der Waals surface area contributed by atoms with Crippen molar-refractivity contribution in [2.45, 2.75) is 6.61 Å². The maximum absolute atomic E-state index is 12.0. The molecule has 0 atom stereocenters. The van der Waals surface area contributed by atoms with Crippen LogP contribution < -0.4 is 4.74 Å². The molecule has 0 fully saturated rings. The van der Waals surface area contributed by atoms with E-state index in [1.165, 1.54) is 12.1 Å². The first-order chi connectivity index (χ1) is 10.2. The quantitative estimate of drug-likeness (QED) is 0.355. The van der Waals surface area contributed by atoms with Gasteiger partial charge >= 0.3 is 11.7 Å². The summed E-state index contributed by atoms with van der Waals surface area (Å²) in [5, 5.41) is 0. The summed E-state index contributed by atoms with van der Waals surface area (Å²) in [6.45, 7) is 0.113. The Bertz CT molecular complexity index is 631. The van der Waals surface area contributed by atoms with Crippen LogP contribution in [0.15, 0.2) is 54.6 Å². The summed E-state index contributed by atoms with van der Waals surface area (Å²) in [5.41, 5.74) is 0.959. The first-order valence-electron chi connectivity index (χ1n) is 6.20. The van der Waals surface area contributed by atoms with Gasteiger partial charge in [0.25, 0.3) is 4.92 Å². The number of rotatable bonds is 6. The highest BCUT2D eigenvalue weighted by Crippen LogP contribution is 2.27. The largest absolute Gasteiger partial charge is 0.418 e. The fraction of sp³-hybridized carbons (Fsp3) is 0.133. The smallest absolute Gasteiger partial charge is 0.358 e. The molecule has 5 nitrogen and oxygen atoms in total. The maximum Gasteiger partial charge on any atom is 0.358 e. The molecule has 2 aromatic carbocycles. The first-order valence-corrected chi connectivity index (χ1v) is 6.74. The van der Waals surface area contributed by atoms with Crippen molar-refractivity contribution in [1.29, 1.82) is 0 Å². The molecule has 0 bridgehead atoms. The third kappa shape index (κ3) is 4.29. The lowest BCUT2D eigenvalue weighted by molar-refractivity contribution is -0.750. The number of para-hydroxylation sites is 2. The van der Waals surface area contributed by atoms with Crippen LogP contribution in [-0.2, 0) is 16.2 Å². The van der Waals surface area contributed by atoms with Gasteiger partial charge in [-0.25, -0.2) is 4.84 Å². The summed E-state index contributed by atoms with van der Waals surface area (Å²) < 4.78 is 4.98. The molecule has 0 saturated heterocycles. The van der Waals surface area contributed by atoms with E-state index in [1.54, 1.807) is 12.1 Å². The van der Waals surface area contributed by atoms with E-state index in [4.69, 9.17) is 21.2 Å². The van der Waals surface area contributed by atoms with Crippen molar-refractivity contribution in [3.8, 4) is 5.75 Å². The lowest BCUT2D eigenvalue weighted by Crippen LogP contribution is -2.11. The van der Waals surface area contributed by atoms with E-state index in [2.05, 4.69) is 0 Å². The van der Waals surface area contributed by atoms with Crippen molar-refractivity contribution in [3.05, 3.63) is 65.1 Å². The fourth-order valence-electron chi connectivity index (χ4n) is 1.62. The highest BCUT2D eigenvalue weighted by Gasteiger charge is 2.24. The second kappa shape index (κ2) is 7.40. The molecule has 0 N–H and O–H groups in total. The Balaban J connectivity index is 2.07. The van der Waals surface area contributed by atoms with Crippen LogP contribution in [0.4, 0.5) is 5.69 Å². The Morgan fingerprint density at radius 1 is 1.05 bits per heavy atom. The number of nitrogens with zero attached hydrogens (tertiary/aromatic N) is 1. The van der Waals surface area contributed by atoms with Gasteiger partial charge in [0.1, 0.15) is 5.88 Å². The number of carbonyl (C=O) groups excluding carboxylic acids is 1. The van der Waals surface area contributed by atoms with E-state index < -0.39 is 5.97 Å². The Hall–Kier alpha value is -2.40. The van der Waals surface area contributed by atoms with Gasteiger partial charge < -0.3 is 4.74 Å². The number of hydrogen-bond donors (Lipinski definition) is 0. The normalized spacial score (nSPS) is 9.95. The molecule has 0 heterocycles. The predicted octanol–water partition coefficient (Wildman–Crippen LogP) is 3.37. The van der Waals surface area contributed by atoms with Crippen molar-refractivity contribution in [2.24, 2.45) is 0 Å². The molecular formula is C15H13ClNO4+. The molecule has 108 valence electrons. The van der Waals surface area contributed by atoms with Crippen LogP contribution in [0.5, 0.6) is 5.75 Å². The molecule has 6 heteroatoms. The van der Waals surface area contributed by atoms with Crippen molar-refractivity contribution in [3.63, 3.8) is 0 Å². The zero-order valence-corrected chi connectivity index (χ0v) is 11.8. The molecule has 2 aromatic rings. The van der Waals surface area contributed by atoms with Gasteiger partial charge in [-0.1, -0.05) is 42.5 Å². The number of alkyl halides is 1. The molecule has 2 rings (SSSR count). The Morgan fingerprint density at radius 2 is 1.71 bits per heavy atom. The molecule has 0 radical (unpaired) electrons. The number of ether oxygens (including phenoxy) is 1. The van der Waals surface area contributed by atoms with Gasteiger partial charge in [-0.15, -0.1) is 11.6 Å². The number of halogens is 1. The van der Waals surface area contributed by atoms with Crippen molar-refractivity contribution >= 4 is 23.3 Å². The predicted molar refractivity (Wildman–Crippen MR) is 77.3 cm³/mol. The molecule has 0 saturated carbocycles. The molecule has 0 aliphatic heterocycles. The Labute approximate surface area is 126 Å². The number of carbonyl (C=O) groups is 1. The van der Waals surface area contributed by atoms with Gasteiger partial charge in [0, 0.05) is 6.07 Å². The van der Waals surface area contributed by atoms with Crippen LogP contribution in [0, 0.1) is 4.91 Å². The van der Waals surface area contributed by atoms with E-state index in [-0.39, 0.29) is 23.9 Å². The molecule has 0 aliphatic carbocycles. The zero-order valence-electron chi connectivity index (χ0n) is 11.1. The summed E-state index contributed by atoms with van der Waals surface area (Å²) in [7, 11) is 0. The molecule has 0 amide bonds. The van der Waals surface area contributed by atoms with Crippen molar-refractivity contribution in [2.75, 3.05) is 5.88 Å². The van der Waals surface area contributed by atoms with Gasteiger partial charge in [-0.2, -0.15) is 0 Å². The molecule has 0 unspecified atom stereocenters. The monoisotopic (exact) mass is 306 g/mol. The third-order valence-electron chi connectivity index (χ3n) is 2.59. The SMILES string of the molecule is O=C(CCl)Oc1ccccc1[N+](=O)OCc1ccccc1. The van der Waals surface area contributed by atoms with E-state index in [0.717, 1.165) is 5.56 Å². The minimum atomic E-state index is -0.638. The maximum atomic E-state index is 12.0.